The lowest BCUT2D eigenvalue weighted by molar-refractivity contribution is 0.0634. The largest absolute Gasteiger partial charge is 0.355 e. The van der Waals surface area contributed by atoms with E-state index in [1.54, 1.807) is 48.5 Å². The van der Waals surface area contributed by atoms with E-state index in [1.165, 1.54) is 10.9 Å². The highest BCUT2D eigenvalue weighted by Crippen LogP contribution is 2.43. The predicted octanol–water partition coefficient (Wildman–Crippen LogP) is 6.44. The van der Waals surface area contributed by atoms with Gasteiger partial charge in [-0.25, -0.2) is 8.42 Å². The van der Waals surface area contributed by atoms with Crippen molar-refractivity contribution in [2.45, 2.75) is 17.5 Å². The molecule has 3 heterocycles. The van der Waals surface area contributed by atoms with Crippen LogP contribution in [0.4, 0.5) is 11.4 Å². The van der Waals surface area contributed by atoms with E-state index in [9.17, 15) is 13.2 Å². The number of amides is 1. The van der Waals surface area contributed by atoms with Crippen molar-refractivity contribution in [1.29, 1.82) is 0 Å². The van der Waals surface area contributed by atoms with Crippen LogP contribution in [-0.4, -0.2) is 37.8 Å². The van der Waals surface area contributed by atoms with Crippen molar-refractivity contribution in [3.05, 3.63) is 113 Å². The van der Waals surface area contributed by atoms with Crippen LogP contribution in [0.5, 0.6) is 0 Å². The monoisotopic (exact) mass is 568 g/mol. The lowest BCUT2D eigenvalue weighted by Gasteiger charge is -2.46. The summed E-state index contributed by atoms with van der Waals surface area (Å²) < 4.78 is 29.1. The van der Waals surface area contributed by atoms with Gasteiger partial charge < -0.3 is 14.8 Å². The lowest BCUT2D eigenvalue weighted by Crippen LogP contribution is -2.51. The molecular formula is C31H25ClN4O3S. The second kappa shape index (κ2) is 9.15. The third-order valence-electron chi connectivity index (χ3n) is 7.83. The molecule has 2 aliphatic rings. The molecule has 0 saturated heterocycles. The minimum absolute atomic E-state index is 0.115. The van der Waals surface area contributed by atoms with Crippen LogP contribution in [0.25, 0.3) is 22.0 Å². The second-order valence-electron chi connectivity index (χ2n) is 10.2. The number of carbonyl (C=O) groups excluding carboxylic acids is 1. The molecule has 1 unspecified atom stereocenters. The smallest absolute Gasteiger partial charge is 0.261 e. The van der Waals surface area contributed by atoms with Gasteiger partial charge >= 0.3 is 0 Å². The van der Waals surface area contributed by atoms with Crippen LogP contribution < -0.4 is 9.62 Å². The number of sulfonamides is 1. The molecule has 2 N–H and O–H groups in total. The highest BCUT2D eigenvalue weighted by Gasteiger charge is 2.41. The van der Waals surface area contributed by atoms with Crippen LogP contribution in [0.1, 0.15) is 27.8 Å². The number of hydrogen-bond acceptors (Lipinski definition) is 4. The predicted molar refractivity (Wildman–Crippen MR) is 158 cm³/mol. The van der Waals surface area contributed by atoms with Crippen LogP contribution in [-0.2, 0) is 16.4 Å². The van der Waals surface area contributed by atoms with E-state index in [4.69, 9.17) is 11.6 Å². The summed E-state index contributed by atoms with van der Waals surface area (Å²) in [6.45, 7) is 0.581. The first kappa shape index (κ1) is 24.7. The number of anilines is 2. The van der Waals surface area contributed by atoms with Gasteiger partial charge in [0.1, 0.15) is 6.17 Å². The molecule has 0 radical (unpaired) electrons. The van der Waals surface area contributed by atoms with Gasteiger partial charge in [-0.3, -0.25) is 9.52 Å². The van der Waals surface area contributed by atoms with E-state index in [0.717, 1.165) is 34.4 Å². The Morgan fingerprint density at radius 1 is 0.925 bits per heavy atom. The maximum atomic E-state index is 13.7. The lowest BCUT2D eigenvalue weighted by atomic mass is 9.96. The maximum Gasteiger partial charge on any atom is 0.261 e. The first-order chi connectivity index (χ1) is 19.3. The molecule has 0 saturated carbocycles. The third kappa shape index (κ3) is 3.94. The molecule has 9 heteroatoms. The van der Waals surface area contributed by atoms with E-state index in [2.05, 4.69) is 26.7 Å². The molecule has 200 valence electrons. The molecule has 2 aliphatic heterocycles. The number of carbonyl (C=O) groups is 1. The Balaban J connectivity index is 1.17. The Kier molecular flexibility index (Phi) is 5.66. The average molecular weight is 569 g/mol. The Morgan fingerprint density at radius 2 is 1.62 bits per heavy atom. The molecule has 0 fully saturated rings. The minimum atomic E-state index is -3.87. The summed E-state index contributed by atoms with van der Waals surface area (Å²) in [4.78, 5) is 21.3. The Morgan fingerprint density at radius 3 is 2.38 bits per heavy atom. The van der Waals surface area contributed by atoms with E-state index in [0.29, 0.717) is 22.8 Å². The van der Waals surface area contributed by atoms with Gasteiger partial charge in [0.25, 0.3) is 15.9 Å². The first-order valence-electron chi connectivity index (χ1n) is 13.0. The number of nitrogens with zero attached hydrogens (tertiary/aromatic N) is 2. The second-order valence-corrected chi connectivity index (χ2v) is 12.3. The quantitative estimate of drug-likeness (QED) is 0.261. The van der Waals surface area contributed by atoms with Gasteiger partial charge in [-0.1, -0.05) is 54.1 Å². The fourth-order valence-electron chi connectivity index (χ4n) is 5.88. The van der Waals surface area contributed by atoms with Gasteiger partial charge in [0.15, 0.2) is 0 Å². The average Bonchev–Trinajstić information content (AvgIpc) is 3.35. The molecule has 0 bridgehead atoms. The fraction of sp³-hybridized carbons (Fsp3) is 0.129. The van der Waals surface area contributed by atoms with E-state index >= 15 is 0 Å². The van der Waals surface area contributed by atoms with E-state index in [-0.39, 0.29) is 17.0 Å². The molecule has 5 aromatic rings. The van der Waals surface area contributed by atoms with Crippen molar-refractivity contribution >= 4 is 49.8 Å². The van der Waals surface area contributed by atoms with Crippen molar-refractivity contribution in [3.8, 4) is 11.1 Å². The van der Waals surface area contributed by atoms with Crippen molar-refractivity contribution < 1.29 is 13.2 Å². The molecule has 7 nitrogen and oxygen atoms in total. The molecule has 1 atom stereocenters. The first-order valence-corrected chi connectivity index (χ1v) is 14.8. The maximum absolute atomic E-state index is 13.7. The molecule has 40 heavy (non-hydrogen) atoms. The fourth-order valence-corrected chi connectivity index (χ4v) is 7.06. The number of para-hydroxylation sites is 1. The summed E-state index contributed by atoms with van der Waals surface area (Å²) in [7, 11) is -1.90. The van der Waals surface area contributed by atoms with Crippen LogP contribution in [0.3, 0.4) is 0 Å². The summed E-state index contributed by atoms with van der Waals surface area (Å²) in [5, 5.41) is 1.83. The summed E-state index contributed by atoms with van der Waals surface area (Å²) in [5.74, 6) is -0.115. The Labute approximate surface area is 237 Å². The molecule has 1 aromatic heterocycles. The highest BCUT2D eigenvalue weighted by atomic mass is 35.5. The van der Waals surface area contributed by atoms with Gasteiger partial charge in [0.05, 0.1) is 21.8 Å². The summed E-state index contributed by atoms with van der Waals surface area (Å²) in [5.41, 5.74) is 6.72. The number of aromatic amines is 1. The van der Waals surface area contributed by atoms with Crippen molar-refractivity contribution in [2.24, 2.45) is 0 Å². The number of halogens is 1. The number of nitrogens with one attached hydrogen (secondary N) is 2. The summed E-state index contributed by atoms with van der Waals surface area (Å²) >= 11 is 5.98. The zero-order valence-electron chi connectivity index (χ0n) is 21.6. The molecule has 0 spiro atoms. The van der Waals surface area contributed by atoms with Crippen LogP contribution in [0, 0.1) is 0 Å². The topological polar surface area (TPSA) is 85.5 Å². The number of benzene rings is 4. The molecular weight excluding hydrogens is 544 g/mol. The van der Waals surface area contributed by atoms with E-state index < -0.39 is 10.0 Å². The number of H-pyrrole nitrogens is 1. The zero-order valence-corrected chi connectivity index (χ0v) is 23.1. The van der Waals surface area contributed by atoms with Crippen LogP contribution in [0.15, 0.2) is 95.9 Å². The Hall–Kier alpha value is -4.27. The molecule has 7 rings (SSSR count). The van der Waals surface area contributed by atoms with E-state index in [1.807, 2.05) is 42.3 Å². The van der Waals surface area contributed by atoms with Crippen molar-refractivity contribution in [1.82, 2.24) is 9.88 Å². The summed E-state index contributed by atoms with van der Waals surface area (Å²) in [6.07, 6.45) is 0.501. The van der Waals surface area contributed by atoms with Crippen molar-refractivity contribution in [3.63, 3.8) is 0 Å². The van der Waals surface area contributed by atoms with Gasteiger partial charge in [-0.15, -0.1) is 0 Å². The highest BCUT2D eigenvalue weighted by molar-refractivity contribution is 7.92. The van der Waals surface area contributed by atoms with Gasteiger partial charge in [-0.05, 0) is 71.6 Å². The van der Waals surface area contributed by atoms with Crippen LogP contribution in [0.2, 0.25) is 5.02 Å². The Bertz CT molecular complexity index is 1900. The standard InChI is InChI=1S/C31H25ClN4O3S/c1-35-28-15-12-22(34-40(38,39)23-13-8-20(9-14-23)19-6-10-21(32)11-7-19)18-26(28)31(37)36-17-16-25-24-4-2-3-5-27(24)33-29(25)30(35)36/h2-15,18,30,33-34H,16-17H2,1H3. The number of aromatic nitrogens is 1. The number of rotatable bonds is 4. The van der Waals surface area contributed by atoms with Gasteiger partial charge in [0, 0.05) is 35.2 Å². The third-order valence-corrected chi connectivity index (χ3v) is 9.48. The SMILES string of the molecule is CN1c2ccc(NS(=O)(=O)c3ccc(-c4ccc(Cl)cc4)cc3)cc2C(=O)N2CCc3c([nH]c4ccccc34)C21. The summed E-state index contributed by atoms with van der Waals surface area (Å²) in [6, 6.07) is 27.4. The number of fused-ring (bicyclic) bond motifs is 6. The number of hydrogen-bond donors (Lipinski definition) is 2. The normalized spacial score (nSPS) is 16.4. The van der Waals surface area contributed by atoms with Gasteiger partial charge in [-0.2, -0.15) is 0 Å². The minimum Gasteiger partial charge on any atom is -0.355 e. The molecule has 0 aliphatic carbocycles. The van der Waals surface area contributed by atoms with Crippen LogP contribution >= 0.6 is 11.6 Å². The van der Waals surface area contributed by atoms with Gasteiger partial charge in [0.2, 0.25) is 0 Å². The van der Waals surface area contributed by atoms with Crippen molar-refractivity contribution in [2.75, 3.05) is 23.2 Å². The zero-order chi connectivity index (χ0) is 27.6. The molecule has 4 aromatic carbocycles. The molecule has 1 amide bonds.